The maximum absolute atomic E-state index is 11.0. The van der Waals surface area contributed by atoms with E-state index in [1.165, 1.54) is 0 Å². The molecule has 0 aliphatic heterocycles. The van der Waals surface area contributed by atoms with Crippen LogP contribution in [-0.2, 0) is 16.0 Å². The molecule has 0 heterocycles. The van der Waals surface area contributed by atoms with Gasteiger partial charge >= 0.3 is 5.97 Å². The summed E-state index contributed by atoms with van der Waals surface area (Å²) < 4.78 is 5.25. The molecular formula is C12H15ClO3. The Morgan fingerprint density at radius 3 is 2.75 bits per heavy atom. The van der Waals surface area contributed by atoms with Gasteiger partial charge in [-0.15, -0.1) is 0 Å². The first-order chi connectivity index (χ1) is 7.65. The monoisotopic (exact) mass is 242 g/mol. The van der Waals surface area contributed by atoms with Crippen molar-refractivity contribution in [2.75, 3.05) is 6.61 Å². The summed E-state index contributed by atoms with van der Waals surface area (Å²) in [7, 11) is 0. The first-order valence-corrected chi connectivity index (χ1v) is 5.60. The summed E-state index contributed by atoms with van der Waals surface area (Å²) in [6.07, 6.45) is 0.279. The van der Waals surface area contributed by atoms with Gasteiger partial charge in [-0.05, 0) is 18.1 Å². The zero-order valence-corrected chi connectivity index (χ0v) is 9.91. The molecule has 88 valence electrons. The predicted octanol–water partition coefficient (Wildman–Crippen LogP) is 2.76. The third-order valence-corrected chi connectivity index (χ3v) is 2.53. The molecule has 0 saturated heterocycles. The summed E-state index contributed by atoms with van der Waals surface area (Å²) in [5, 5.41) is 9.56. The van der Waals surface area contributed by atoms with Crippen molar-refractivity contribution in [2.24, 2.45) is 0 Å². The van der Waals surface area contributed by atoms with Crippen molar-refractivity contribution in [1.82, 2.24) is 0 Å². The number of aliphatic carboxylic acids is 1. The fourth-order valence-corrected chi connectivity index (χ4v) is 1.55. The van der Waals surface area contributed by atoms with E-state index in [1.807, 2.05) is 25.1 Å². The molecular weight excluding hydrogens is 228 g/mol. The number of carbonyl (C=O) groups is 1. The average molecular weight is 243 g/mol. The van der Waals surface area contributed by atoms with Crippen LogP contribution in [0.3, 0.4) is 0 Å². The Balaban J connectivity index is 2.68. The zero-order chi connectivity index (χ0) is 12.0. The van der Waals surface area contributed by atoms with Crippen LogP contribution < -0.4 is 0 Å². The van der Waals surface area contributed by atoms with Gasteiger partial charge in [0, 0.05) is 18.1 Å². The molecule has 0 spiro atoms. The number of carboxylic acids is 1. The van der Waals surface area contributed by atoms with Crippen LogP contribution in [-0.4, -0.2) is 23.8 Å². The summed E-state index contributed by atoms with van der Waals surface area (Å²) in [5.41, 5.74) is 0.799. The van der Waals surface area contributed by atoms with Crippen molar-refractivity contribution in [3.8, 4) is 0 Å². The molecule has 4 heteroatoms. The minimum Gasteiger partial charge on any atom is -0.479 e. The Labute approximate surface area is 100.0 Å². The molecule has 1 aromatic carbocycles. The summed E-state index contributed by atoms with van der Waals surface area (Å²) in [4.78, 5) is 11.0. The van der Waals surface area contributed by atoms with Gasteiger partial charge < -0.3 is 9.84 Å². The molecule has 1 N–H and O–H groups in total. The van der Waals surface area contributed by atoms with Crippen LogP contribution in [0.1, 0.15) is 18.9 Å². The second-order valence-electron chi connectivity index (χ2n) is 3.49. The lowest BCUT2D eigenvalue weighted by Gasteiger charge is -2.13. The molecule has 3 nitrogen and oxygen atoms in total. The highest BCUT2D eigenvalue weighted by molar-refractivity contribution is 6.31. The van der Waals surface area contributed by atoms with Gasteiger partial charge in [0.15, 0.2) is 6.10 Å². The normalized spacial score (nSPS) is 12.4. The number of ether oxygens (including phenoxy) is 1. The van der Waals surface area contributed by atoms with E-state index < -0.39 is 12.1 Å². The smallest absolute Gasteiger partial charge is 0.333 e. The Morgan fingerprint density at radius 2 is 2.19 bits per heavy atom. The Morgan fingerprint density at radius 1 is 1.50 bits per heavy atom. The topological polar surface area (TPSA) is 46.5 Å². The predicted molar refractivity (Wildman–Crippen MR) is 62.8 cm³/mol. The highest BCUT2D eigenvalue weighted by Gasteiger charge is 2.19. The van der Waals surface area contributed by atoms with Crippen molar-refractivity contribution < 1.29 is 14.6 Å². The van der Waals surface area contributed by atoms with Gasteiger partial charge in [0.2, 0.25) is 0 Å². The van der Waals surface area contributed by atoms with Gasteiger partial charge in [-0.25, -0.2) is 4.79 Å². The van der Waals surface area contributed by atoms with Gasteiger partial charge in [0.05, 0.1) is 0 Å². The first kappa shape index (κ1) is 13.0. The molecule has 0 aromatic heterocycles. The fourth-order valence-electron chi connectivity index (χ4n) is 1.34. The number of carboxylic acid groups (broad SMARTS) is 1. The van der Waals surface area contributed by atoms with Crippen LogP contribution in [0, 0.1) is 0 Å². The van der Waals surface area contributed by atoms with Gasteiger partial charge in [-0.3, -0.25) is 0 Å². The number of hydrogen-bond donors (Lipinski definition) is 1. The molecule has 1 rings (SSSR count). The third kappa shape index (κ3) is 3.83. The van der Waals surface area contributed by atoms with E-state index in [2.05, 4.69) is 0 Å². The van der Waals surface area contributed by atoms with Gasteiger partial charge in [-0.2, -0.15) is 0 Å². The fraction of sp³-hybridized carbons (Fsp3) is 0.417. The summed E-state index contributed by atoms with van der Waals surface area (Å²) in [5.74, 6) is -0.951. The van der Waals surface area contributed by atoms with E-state index in [9.17, 15) is 4.79 Å². The lowest BCUT2D eigenvalue weighted by molar-refractivity contribution is -0.150. The second-order valence-corrected chi connectivity index (χ2v) is 3.90. The first-order valence-electron chi connectivity index (χ1n) is 5.23. The molecule has 16 heavy (non-hydrogen) atoms. The summed E-state index contributed by atoms with van der Waals surface area (Å²) in [6.45, 7) is 2.38. The Bertz CT molecular complexity index is 352. The van der Waals surface area contributed by atoms with E-state index in [0.717, 1.165) is 12.0 Å². The molecule has 1 aromatic rings. The molecule has 1 atom stereocenters. The SMILES string of the molecule is CCCOC(Cc1ccccc1Cl)C(=O)O. The standard InChI is InChI=1S/C12H15ClO3/c1-2-7-16-11(12(14)15)8-9-5-3-4-6-10(9)13/h3-6,11H,2,7-8H2,1H3,(H,14,15). The molecule has 0 saturated carbocycles. The van der Waals surface area contributed by atoms with Crippen molar-refractivity contribution in [1.29, 1.82) is 0 Å². The maximum Gasteiger partial charge on any atom is 0.333 e. The minimum absolute atomic E-state index is 0.301. The van der Waals surface area contributed by atoms with Gasteiger partial charge in [-0.1, -0.05) is 36.7 Å². The lowest BCUT2D eigenvalue weighted by atomic mass is 10.1. The van der Waals surface area contributed by atoms with Crippen LogP contribution in [0.2, 0.25) is 5.02 Å². The molecule has 0 amide bonds. The highest BCUT2D eigenvalue weighted by atomic mass is 35.5. The van der Waals surface area contributed by atoms with Gasteiger partial charge in [0.1, 0.15) is 0 Å². The van der Waals surface area contributed by atoms with E-state index in [4.69, 9.17) is 21.4 Å². The van der Waals surface area contributed by atoms with Crippen molar-refractivity contribution in [3.05, 3.63) is 34.9 Å². The van der Waals surface area contributed by atoms with Crippen LogP contribution in [0.25, 0.3) is 0 Å². The van der Waals surface area contributed by atoms with Crippen LogP contribution in [0.4, 0.5) is 0 Å². The molecule has 0 fully saturated rings. The van der Waals surface area contributed by atoms with Crippen molar-refractivity contribution in [2.45, 2.75) is 25.9 Å². The number of halogens is 1. The number of hydrogen-bond acceptors (Lipinski definition) is 2. The van der Waals surface area contributed by atoms with Crippen LogP contribution >= 0.6 is 11.6 Å². The van der Waals surface area contributed by atoms with Crippen molar-refractivity contribution in [3.63, 3.8) is 0 Å². The molecule has 1 unspecified atom stereocenters. The summed E-state index contributed by atoms with van der Waals surface area (Å²) >= 11 is 5.96. The van der Waals surface area contributed by atoms with E-state index in [1.54, 1.807) is 6.07 Å². The Kier molecular flexibility index (Phi) is 5.29. The number of rotatable bonds is 6. The van der Waals surface area contributed by atoms with E-state index >= 15 is 0 Å². The molecule has 0 aliphatic carbocycles. The maximum atomic E-state index is 11.0. The van der Waals surface area contributed by atoms with Crippen molar-refractivity contribution >= 4 is 17.6 Å². The van der Waals surface area contributed by atoms with E-state index in [0.29, 0.717) is 18.1 Å². The number of benzene rings is 1. The highest BCUT2D eigenvalue weighted by Crippen LogP contribution is 2.17. The van der Waals surface area contributed by atoms with Gasteiger partial charge in [0.25, 0.3) is 0 Å². The lowest BCUT2D eigenvalue weighted by Crippen LogP contribution is -2.26. The average Bonchev–Trinajstić information content (AvgIpc) is 2.26. The quantitative estimate of drug-likeness (QED) is 0.834. The molecule has 0 radical (unpaired) electrons. The zero-order valence-electron chi connectivity index (χ0n) is 9.15. The van der Waals surface area contributed by atoms with Crippen LogP contribution in [0.15, 0.2) is 24.3 Å². The largest absolute Gasteiger partial charge is 0.479 e. The molecule has 0 bridgehead atoms. The third-order valence-electron chi connectivity index (χ3n) is 2.16. The second kappa shape index (κ2) is 6.51. The van der Waals surface area contributed by atoms with E-state index in [-0.39, 0.29) is 0 Å². The molecule has 0 aliphatic rings. The summed E-state index contributed by atoms with van der Waals surface area (Å²) in [6, 6.07) is 7.21. The van der Waals surface area contributed by atoms with Crippen LogP contribution in [0.5, 0.6) is 0 Å². The minimum atomic E-state index is -0.951. The Hall–Kier alpha value is -1.06.